The Hall–Kier alpha value is -3.67. The predicted octanol–water partition coefficient (Wildman–Crippen LogP) is 3.66. The Morgan fingerprint density at radius 3 is 2.21 bits per heavy atom. The normalized spacial score (nSPS) is 10.2. The number of ether oxygens (including phenoxy) is 1. The molecule has 3 aromatic rings. The van der Waals surface area contributed by atoms with E-state index < -0.39 is 0 Å². The van der Waals surface area contributed by atoms with Gasteiger partial charge in [0.15, 0.2) is 0 Å². The summed E-state index contributed by atoms with van der Waals surface area (Å²) in [7, 11) is 0. The molecule has 0 aliphatic heterocycles. The van der Waals surface area contributed by atoms with E-state index in [1.807, 2.05) is 37.3 Å². The SMILES string of the molecule is CCOc1ccc(NC(=O)c2cccc(C(=O)NCc3ccccc3)n2)cc1. The topological polar surface area (TPSA) is 80.3 Å². The quantitative estimate of drug-likeness (QED) is 0.660. The van der Waals surface area contributed by atoms with Crippen LogP contribution in [0.3, 0.4) is 0 Å². The van der Waals surface area contributed by atoms with Crippen LogP contribution in [-0.2, 0) is 6.54 Å². The van der Waals surface area contributed by atoms with Gasteiger partial charge in [0, 0.05) is 12.2 Å². The number of carbonyl (C=O) groups is 2. The van der Waals surface area contributed by atoms with E-state index >= 15 is 0 Å². The molecule has 2 amide bonds. The van der Waals surface area contributed by atoms with Crippen LogP contribution in [0, 0.1) is 0 Å². The van der Waals surface area contributed by atoms with Gasteiger partial charge in [-0.2, -0.15) is 0 Å². The molecule has 2 aromatic carbocycles. The third-order valence-corrected chi connectivity index (χ3v) is 3.93. The van der Waals surface area contributed by atoms with Gasteiger partial charge in [-0.3, -0.25) is 9.59 Å². The van der Waals surface area contributed by atoms with Crippen molar-refractivity contribution in [3.8, 4) is 5.75 Å². The summed E-state index contributed by atoms with van der Waals surface area (Å²) in [6, 6.07) is 21.4. The molecule has 1 heterocycles. The van der Waals surface area contributed by atoms with Crippen LogP contribution < -0.4 is 15.4 Å². The molecule has 1 aromatic heterocycles. The number of rotatable bonds is 7. The molecule has 6 nitrogen and oxygen atoms in total. The molecular formula is C22H21N3O3. The number of nitrogens with one attached hydrogen (secondary N) is 2. The molecule has 142 valence electrons. The fourth-order valence-corrected chi connectivity index (χ4v) is 2.55. The maximum atomic E-state index is 12.4. The predicted molar refractivity (Wildman–Crippen MR) is 107 cm³/mol. The van der Waals surface area contributed by atoms with Crippen LogP contribution in [0.5, 0.6) is 5.75 Å². The van der Waals surface area contributed by atoms with Crippen LogP contribution in [0.4, 0.5) is 5.69 Å². The van der Waals surface area contributed by atoms with Crippen LogP contribution in [0.15, 0.2) is 72.8 Å². The lowest BCUT2D eigenvalue weighted by atomic mass is 10.2. The molecule has 3 rings (SSSR count). The Morgan fingerprint density at radius 2 is 1.54 bits per heavy atom. The van der Waals surface area contributed by atoms with Crippen molar-refractivity contribution in [3.05, 3.63) is 89.7 Å². The van der Waals surface area contributed by atoms with Gasteiger partial charge in [0.1, 0.15) is 17.1 Å². The largest absolute Gasteiger partial charge is 0.494 e. The molecule has 0 saturated heterocycles. The molecule has 0 bridgehead atoms. The molecule has 0 atom stereocenters. The molecular weight excluding hydrogens is 354 g/mol. The van der Waals surface area contributed by atoms with Crippen LogP contribution in [0.25, 0.3) is 0 Å². The summed E-state index contributed by atoms with van der Waals surface area (Å²) in [5.74, 6) is 0.0112. The van der Waals surface area contributed by atoms with Crippen LogP contribution in [0.1, 0.15) is 33.5 Å². The molecule has 28 heavy (non-hydrogen) atoms. The molecule has 0 aliphatic carbocycles. The Balaban J connectivity index is 1.63. The second kappa shape index (κ2) is 9.32. The highest BCUT2D eigenvalue weighted by Gasteiger charge is 2.12. The second-order valence-corrected chi connectivity index (χ2v) is 5.99. The number of hydrogen-bond acceptors (Lipinski definition) is 4. The first kappa shape index (κ1) is 19.1. The number of nitrogens with zero attached hydrogens (tertiary/aromatic N) is 1. The van der Waals surface area contributed by atoms with E-state index in [2.05, 4.69) is 15.6 Å². The van der Waals surface area contributed by atoms with E-state index in [1.165, 1.54) is 0 Å². The van der Waals surface area contributed by atoms with Crippen LogP contribution in [0.2, 0.25) is 0 Å². The van der Waals surface area contributed by atoms with Crippen molar-refractivity contribution in [1.82, 2.24) is 10.3 Å². The number of carbonyl (C=O) groups excluding carboxylic acids is 2. The summed E-state index contributed by atoms with van der Waals surface area (Å²) in [6.45, 7) is 2.88. The first-order valence-electron chi connectivity index (χ1n) is 8.99. The smallest absolute Gasteiger partial charge is 0.274 e. The molecule has 6 heteroatoms. The summed E-state index contributed by atoms with van der Waals surface area (Å²) >= 11 is 0. The van der Waals surface area contributed by atoms with E-state index in [0.717, 1.165) is 11.3 Å². The van der Waals surface area contributed by atoms with Gasteiger partial charge < -0.3 is 15.4 Å². The van der Waals surface area contributed by atoms with Gasteiger partial charge in [-0.25, -0.2) is 4.98 Å². The lowest BCUT2D eigenvalue weighted by molar-refractivity contribution is 0.0945. The van der Waals surface area contributed by atoms with Crippen LogP contribution in [-0.4, -0.2) is 23.4 Å². The van der Waals surface area contributed by atoms with Crippen molar-refractivity contribution in [1.29, 1.82) is 0 Å². The zero-order chi connectivity index (χ0) is 19.8. The zero-order valence-electron chi connectivity index (χ0n) is 15.5. The standard InChI is InChI=1S/C22H21N3O3/c1-2-28-18-13-11-17(12-14-18)24-22(27)20-10-6-9-19(25-20)21(26)23-15-16-7-4-3-5-8-16/h3-14H,2,15H2,1H3,(H,23,26)(H,24,27). The first-order chi connectivity index (χ1) is 13.7. The van der Waals surface area contributed by atoms with E-state index in [-0.39, 0.29) is 23.2 Å². The Bertz CT molecular complexity index is 941. The van der Waals surface area contributed by atoms with Crippen molar-refractivity contribution in [2.45, 2.75) is 13.5 Å². The van der Waals surface area contributed by atoms with Crippen molar-refractivity contribution < 1.29 is 14.3 Å². The summed E-state index contributed by atoms with van der Waals surface area (Å²) in [4.78, 5) is 29.0. The number of benzene rings is 2. The van der Waals surface area contributed by atoms with E-state index in [1.54, 1.807) is 42.5 Å². The molecule has 0 spiro atoms. The third-order valence-electron chi connectivity index (χ3n) is 3.93. The molecule has 0 aliphatic rings. The fourth-order valence-electron chi connectivity index (χ4n) is 2.55. The number of hydrogen-bond donors (Lipinski definition) is 2. The lowest BCUT2D eigenvalue weighted by Gasteiger charge is -2.08. The minimum absolute atomic E-state index is 0.168. The maximum absolute atomic E-state index is 12.4. The first-order valence-corrected chi connectivity index (χ1v) is 8.99. The number of aromatic nitrogens is 1. The Labute approximate surface area is 163 Å². The summed E-state index contributed by atoms with van der Waals surface area (Å²) < 4.78 is 5.38. The van der Waals surface area contributed by atoms with Crippen molar-refractivity contribution >= 4 is 17.5 Å². The molecule has 0 unspecified atom stereocenters. The molecule has 0 radical (unpaired) electrons. The van der Waals surface area contributed by atoms with E-state index in [9.17, 15) is 9.59 Å². The number of amides is 2. The van der Waals surface area contributed by atoms with E-state index in [0.29, 0.717) is 18.8 Å². The van der Waals surface area contributed by atoms with E-state index in [4.69, 9.17) is 4.74 Å². The fraction of sp³-hybridized carbons (Fsp3) is 0.136. The monoisotopic (exact) mass is 375 g/mol. The maximum Gasteiger partial charge on any atom is 0.274 e. The minimum atomic E-state index is -0.387. The highest BCUT2D eigenvalue weighted by Crippen LogP contribution is 2.16. The van der Waals surface area contributed by atoms with Crippen molar-refractivity contribution in [3.63, 3.8) is 0 Å². The Kier molecular flexibility index (Phi) is 6.36. The van der Waals surface area contributed by atoms with Gasteiger partial charge in [-0.1, -0.05) is 36.4 Å². The lowest BCUT2D eigenvalue weighted by Crippen LogP contribution is -2.25. The van der Waals surface area contributed by atoms with Gasteiger partial charge in [-0.05, 0) is 48.9 Å². The van der Waals surface area contributed by atoms with Crippen molar-refractivity contribution in [2.24, 2.45) is 0 Å². The zero-order valence-corrected chi connectivity index (χ0v) is 15.5. The van der Waals surface area contributed by atoms with Gasteiger partial charge in [-0.15, -0.1) is 0 Å². The van der Waals surface area contributed by atoms with Gasteiger partial charge in [0.25, 0.3) is 11.8 Å². The molecule has 2 N–H and O–H groups in total. The van der Waals surface area contributed by atoms with Gasteiger partial charge in [0.2, 0.25) is 0 Å². The minimum Gasteiger partial charge on any atom is -0.494 e. The van der Waals surface area contributed by atoms with Gasteiger partial charge in [0.05, 0.1) is 6.61 Å². The molecule has 0 saturated carbocycles. The Morgan fingerprint density at radius 1 is 0.857 bits per heavy atom. The average Bonchev–Trinajstić information content (AvgIpc) is 2.74. The summed E-state index contributed by atoms with van der Waals surface area (Å²) in [5, 5.41) is 5.57. The number of pyridine rings is 1. The highest BCUT2D eigenvalue weighted by molar-refractivity contribution is 6.03. The second-order valence-electron chi connectivity index (χ2n) is 5.99. The molecule has 0 fully saturated rings. The van der Waals surface area contributed by atoms with Crippen molar-refractivity contribution in [2.75, 3.05) is 11.9 Å². The van der Waals surface area contributed by atoms with Gasteiger partial charge >= 0.3 is 0 Å². The third kappa shape index (κ3) is 5.17. The summed E-state index contributed by atoms with van der Waals surface area (Å²) in [6.07, 6.45) is 0. The van der Waals surface area contributed by atoms with Crippen LogP contribution >= 0.6 is 0 Å². The average molecular weight is 375 g/mol. The highest BCUT2D eigenvalue weighted by atomic mass is 16.5. The summed E-state index contributed by atoms with van der Waals surface area (Å²) in [5.41, 5.74) is 1.96. The number of anilines is 1.